The highest BCUT2D eigenvalue weighted by atomic mass is 35.5. The van der Waals surface area contributed by atoms with Crippen molar-refractivity contribution >= 4 is 29.1 Å². The lowest BCUT2D eigenvalue weighted by atomic mass is 9.93. The number of ketones is 1. The van der Waals surface area contributed by atoms with Gasteiger partial charge in [-0.15, -0.1) is 0 Å². The first-order chi connectivity index (χ1) is 14.9. The van der Waals surface area contributed by atoms with E-state index in [0.717, 1.165) is 16.7 Å². The Balaban J connectivity index is 1.90. The molecule has 0 spiro atoms. The van der Waals surface area contributed by atoms with Gasteiger partial charge in [-0.1, -0.05) is 41.4 Å². The van der Waals surface area contributed by atoms with Crippen LogP contribution in [0.5, 0.6) is 0 Å². The third-order valence-electron chi connectivity index (χ3n) is 5.48. The number of halogens is 1. The number of carbonyl (C=O) groups excluding carboxylic acids is 2. The molecular formula is C25H21ClN2O3. The van der Waals surface area contributed by atoms with Crippen molar-refractivity contribution in [3.8, 4) is 0 Å². The van der Waals surface area contributed by atoms with Crippen LogP contribution in [0.25, 0.3) is 5.76 Å². The van der Waals surface area contributed by atoms with Crippen LogP contribution in [0.3, 0.4) is 0 Å². The molecule has 1 aliphatic heterocycles. The maximum Gasteiger partial charge on any atom is 0.295 e. The lowest BCUT2D eigenvalue weighted by Crippen LogP contribution is -2.29. The predicted octanol–water partition coefficient (Wildman–Crippen LogP) is 4.97. The summed E-state index contributed by atoms with van der Waals surface area (Å²) < 4.78 is 0. The molecule has 3 aromatic rings. The molecule has 1 saturated heterocycles. The van der Waals surface area contributed by atoms with Gasteiger partial charge in [0.25, 0.3) is 11.7 Å². The van der Waals surface area contributed by atoms with Gasteiger partial charge in [0.1, 0.15) is 5.76 Å². The van der Waals surface area contributed by atoms with Gasteiger partial charge in [0.05, 0.1) is 11.6 Å². The Morgan fingerprint density at radius 1 is 1.03 bits per heavy atom. The van der Waals surface area contributed by atoms with Gasteiger partial charge in [0.2, 0.25) is 0 Å². The highest BCUT2D eigenvalue weighted by Gasteiger charge is 2.46. The molecule has 1 atom stereocenters. The van der Waals surface area contributed by atoms with Crippen LogP contribution in [0.4, 0.5) is 0 Å². The zero-order valence-corrected chi connectivity index (χ0v) is 17.9. The van der Waals surface area contributed by atoms with E-state index in [4.69, 9.17) is 11.6 Å². The molecule has 0 bridgehead atoms. The van der Waals surface area contributed by atoms with Gasteiger partial charge >= 0.3 is 0 Å². The Morgan fingerprint density at radius 3 is 2.39 bits per heavy atom. The SMILES string of the molecule is Cc1ccc(C)c(C(O)=C2C(=O)C(=O)N(Cc3ccncc3)C2c2ccc(Cl)cc2)c1. The van der Waals surface area contributed by atoms with Crippen molar-refractivity contribution in [3.05, 3.63) is 105 Å². The van der Waals surface area contributed by atoms with E-state index in [1.807, 2.05) is 32.0 Å². The number of amides is 1. The number of aliphatic hydroxyl groups is 1. The molecule has 1 amide bonds. The topological polar surface area (TPSA) is 70.5 Å². The fourth-order valence-corrected chi connectivity index (χ4v) is 3.98. The Hall–Kier alpha value is -3.44. The average molecular weight is 433 g/mol. The largest absolute Gasteiger partial charge is 0.507 e. The predicted molar refractivity (Wildman–Crippen MR) is 119 cm³/mol. The van der Waals surface area contributed by atoms with Crippen molar-refractivity contribution < 1.29 is 14.7 Å². The first-order valence-corrected chi connectivity index (χ1v) is 10.2. The van der Waals surface area contributed by atoms with Crippen LogP contribution in [-0.4, -0.2) is 26.7 Å². The van der Waals surface area contributed by atoms with Gasteiger partial charge in [-0.2, -0.15) is 0 Å². The summed E-state index contributed by atoms with van der Waals surface area (Å²) in [4.78, 5) is 31.7. The Morgan fingerprint density at radius 2 is 1.71 bits per heavy atom. The monoisotopic (exact) mass is 432 g/mol. The third kappa shape index (κ3) is 3.97. The summed E-state index contributed by atoms with van der Waals surface area (Å²) in [6, 6.07) is 15.5. The second-order valence-corrected chi connectivity index (χ2v) is 8.09. The summed E-state index contributed by atoms with van der Waals surface area (Å²) in [6.45, 7) is 3.98. The highest BCUT2D eigenvalue weighted by molar-refractivity contribution is 6.46. The van der Waals surface area contributed by atoms with Crippen LogP contribution in [0.1, 0.15) is 33.9 Å². The zero-order chi connectivity index (χ0) is 22.1. The fourth-order valence-electron chi connectivity index (χ4n) is 3.86. The lowest BCUT2D eigenvalue weighted by Gasteiger charge is -2.25. The molecule has 1 aromatic heterocycles. The van der Waals surface area contributed by atoms with Crippen molar-refractivity contribution in [1.29, 1.82) is 0 Å². The van der Waals surface area contributed by atoms with Crippen LogP contribution < -0.4 is 0 Å². The molecule has 31 heavy (non-hydrogen) atoms. The van der Waals surface area contributed by atoms with Gasteiger partial charge in [-0.05, 0) is 60.9 Å². The number of hydrogen-bond acceptors (Lipinski definition) is 4. The molecule has 5 nitrogen and oxygen atoms in total. The first-order valence-electron chi connectivity index (χ1n) is 9.87. The minimum absolute atomic E-state index is 0.0788. The maximum absolute atomic E-state index is 13.1. The fraction of sp³-hybridized carbons (Fsp3) is 0.160. The van der Waals surface area contributed by atoms with Crippen molar-refractivity contribution in [3.63, 3.8) is 0 Å². The van der Waals surface area contributed by atoms with E-state index in [2.05, 4.69) is 4.98 Å². The molecule has 0 aliphatic carbocycles. The van der Waals surface area contributed by atoms with Crippen LogP contribution in [0, 0.1) is 13.8 Å². The standard InChI is InChI=1S/C25H21ClN2O3/c1-15-3-4-16(2)20(13-15)23(29)21-22(18-5-7-19(26)8-6-18)28(25(31)24(21)30)14-17-9-11-27-12-10-17/h3-13,22,29H,14H2,1-2H3. The summed E-state index contributed by atoms with van der Waals surface area (Å²) >= 11 is 6.06. The van der Waals surface area contributed by atoms with Crippen LogP contribution >= 0.6 is 11.6 Å². The lowest BCUT2D eigenvalue weighted by molar-refractivity contribution is -0.140. The smallest absolute Gasteiger partial charge is 0.295 e. The quantitative estimate of drug-likeness (QED) is 0.359. The molecule has 1 aliphatic rings. The molecular weight excluding hydrogens is 412 g/mol. The van der Waals surface area contributed by atoms with Crippen LogP contribution in [0.2, 0.25) is 5.02 Å². The highest BCUT2D eigenvalue weighted by Crippen LogP contribution is 2.41. The molecule has 0 saturated carbocycles. The van der Waals surface area contributed by atoms with Gasteiger partial charge in [-0.3, -0.25) is 14.6 Å². The van der Waals surface area contributed by atoms with E-state index in [9.17, 15) is 14.7 Å². The second-order valence-electron chi connectivity index (χ2n) is 7.65. The third-order valence-corrected chi connectivity index (χ3v) is 5.73. The van der Waals surface area contributed by atoms with Crippen LogP contribution in [0.15, 0.2) is 72.6 Å². The number of carbonyl (C=O) groups is 2. The summed E-state index contributed by atoms with van der Waals surface area (Å²) in [7, 11) is 0. The molecule has 6 heteroatoms. The number of benzene rings is 2. The molecule has 156 valence electrons. The van der Waals surface area contributed by atoms with Crippen molar-refractivity contribution in [1.82, 2.24) is 9.88 Å². The van der Waals surface area contributed by atoms with Gasteiger partial charge in [-0.25, -0.2) is 0 Å². The van der Waals surface area contributed by atoms with E-state index in [1.165, 1.54) is 4.90 Å². The second kappa shape index (κ2) is 8.36. The number of aromatic nitrogens is 1. The summed E-state index contributed by atoms with van der Waals surface area (Å²) in [6.07, 6.45) is 3.28. The van der Waals surface area contributed by atoms with Gasteiger partial charge in [0.15, 0.2) is 0 Å². The van der Waals surface area contributed by atoms with Crippen LogP contribution in [-0.2, 0) is 16.1 Å². The molecule has 1 unspecified atom stereocenters. The van der Waals surface area contributed by atoms with Gasteiger partial charge in [0, 0.05) is 29.5 Å². The number of Topliss-reactive ketones (excluding diaryl/α,β-unsaturated/α-hetero) is 1. The number of likely N-dealkylation sites (tertiary alicyclic amines) is 1. The van der Waals surface area contributed by atoms with Gasteiger partial charge < -0.3 is 10.0 Å². The summed E-state index contributed by atoms with van der Waals surface area (Å²) in [5.74, 6) is -1.52. The Bertz CT molecular complexity index is 1190. The minimum atomic E-state index is -0.731. The first kappa shape index (κ1) is 20.8. The van der Waals surface area contributed by atoms with Crippen molar-refractivity contribution in [2.45, 2.75) is 26.4 Å². The van der Waals surface area contributed by atoms with E-state index >= 15 is 0 Å². The molecule has 2 aromatic carbocycles. The molecule has 4 rings (SSSR count). The Labute approximate surface area is 185 Å². The molecule has 1 N–H and O–H groups in total. The van der Waals surface area contributed by atoms with E-state index in [-0.39, 0.29) is 17.9 Å². The zero-order valence-electron chi connectivity index (χ0n) is 17.2. The molecule has 0 radical (unpaired) electrons. The Kier molecular flexibility index (Phi) is 5.61. The minimum Gasteiger partial charge on any atom is -0.507 e. The number of nitrogens with zero attached hydrogens (tertiary/aromatic N) is 2. The van der Waals surface area contributed by atoms with Crippen molar-refractivity contribution in [2.24, 2.45) is 0 Å². The maximum atomic E-state index is 13.1. The number of aliphatic hydroxyl groups excluding tert-OH is 1. The molecule has 2 heterocycles. The van der Waals surface area contributed by atoms with E-state index in [0.29, 0.717) is 16.1 Å². The summed E-state index contributed by atoms with van der Waals surface area (Å²) in [5, 5.41) is 11.8. The normalized spacial score (nSPS) is 17.9. The van der Waals surface area contributed by atoms with Crippen molar-refractivity contribution in [2.75, 3.05) is 0 Å². The number of hydrogen-bond donors (Lipinski definition) is 1. The average Bonchev–Trinajstić information content (AvgIpc) is 3.01. The number of aryl methyl sites for hydroxylation is 2. The summed E-state index contributed by atoms with van der Waals surface area (Å²) in [5.41, 5.74) is 3.92. The number of pyridine rings is 1. The number of rotatable bonds is 4. The molecule has 1 fully saturated rings. The van der Waals surface area contributed by atoms with E-state index in [1.54, 1.807) is 48.8 Å². The van der Waals surface area contributed by atoms with E-state index < -0.39 is 17.7 Å².